The van der Waals surface area contributed by atoms with E-state index in [0.717, 1.165) is 22.8 Å². The van der Waals surface area contributed by atoms with Crippen LogP contribution >= 0.6 is 0 Å². The molecule has 0 saturated heterocycles. The number of benzene rings is 1. The van der Waals surface area contributed by atoms with Crippen LogP contribution in [0, 0.1) is 6.92 Å². The molecule has 1 aromatic carbocycles. The van der Waals surface area contributed by atoms with Gasteiger partial charge in [0.05, 0.1) is 0 Å². The van der Waals surface area contributed by atoms with E-state index < -0.39 is 0 Å². The van der Waals surface area contributed by atoms with Crippen LogP contribution in [0.25, 0.3) is 10.8 Å². The van der Waals surface area contributed by atoms with Gasteiger partial charge in [0, 0.05) is 22.8 Å². The van der Waals surface area contributed by atoms with Gasteiger partial charge in [0.25, 0.3) is 0 Å². The lowest BCUT2D eigenvalue weighted by Crippen LogP contribution is -1.88. The van der Waals surface area contributed by atoms with Gasteiger partial charge in [0.2, 0.25) is 0 Å². The number of aromatic nitrogens is 1. The van der Waals surface area contributed by atoms with Crippen LogP contribution in [0.3, 0.4) is 0 Å². The Hall–Kier alpha value is -1.70. The second-order valence-corrected chi connectivity index (χ2v) is 2.96. The van der Waals surface area contributed by atoms with E-state index in [1.807, 2.05) is 31.2 Å². The highest BCUT2D eigenvalue weighted by Gasteiger charge is 2.02. The zero-order valence-corrected chi connectivity index (χ0v) is 7.32. The van der Waals surface area contributed by atoms with Crippen LogP contribution in [0.2, 0.25) is 0 Å². The summed E-state index contributed by atoms with van der Waals surface area (Å²) in [6.07, 6.45) is 2.63. The van der Waals surface area contributed by atoms with Gasteiger partial charge >= 0.3 is 0 Å². The molecule has 1 aromatic heterocycles. The highest BCUT2D eigenvalue weighted by molar-refractivity contribution is 5.99. The van der Waals surface area contributed by atoms with Crippen molar-refractivity contribution in [2.24, 2.45) is 0 Å². The minimum atomic E-state index is 0.711. The third-order valence-electron chi connectivity index (χ3n) is 2.14. The van der Waals surface area contributed by atoms with Crippen molar-refractivity contribution >= 4 is 17.1 Å². The summed E-state index contributed by atoms with van der Waals surface area (Å²) in [4.78, 5) is 14.9. The molecule has 0 bridgehead atoms. The van der Waals surface area contributed by atoms with Crippen LogP contribution in [0.4, 0.5) is 0 Å². The normalized spacial score (nSPS) is 10.2. The van der Waals surface area contributed by atoms with Gasteiger partial charge in [-0.05, 0) is 18.4 Å². The molecule has 2 heteroatoms. The Morgan fingerprint density at radius 3 is 2.92 bits per heavy atom. The SMILES string of the molecule is Cc1nccc2cccc(C=O)c12. The number of carbonyl (C=O) groups is 1. The van der Waals surface area contributed by atoms with Crippen molar-refractivity contribution in [2.45, 2.75) is 6.92 Å². The number of aldehydes is 1. The van der Waals surface area contributed by atoms with E-state index in [1.54, 1.807) is 6.20 Å². The van der Waals surface area contributed by atoms with Gasteiger partial charge in [-0.2, -0.15) is 0 Å². The van der Waals surface area contributed by atoms with Crippen molar-refractivity contribution < 1.29 is 4.79 Å². The first-order valence-electron chi connectivity index (χ1n) is 4.12. The van der Waals surface area contributed by atoms with Gasteiger partial charge in [-0.25, -0.2) is 0 Å². The Kier molecular flexibility index (Phi) is 1.81. The monoisotopic (exact) mass is 171 g/mol. The van der Waals surface area contributed by atoms with Gasteiger partial charge in [0.15, 0.2) is 6.29 Å². The highest BCUT2D eigenvalue weighted by atomic mass is 16.1. The molecule has 2 nitrogen and oxygen atoms in total. The molecular formula is C11H9NO. The van der Waals surface area contributed by atoms with Crippen molar-refractivity contribution in [3.8, 4) is 0 Å². The number of carbonyl (C=O) groups excluding carboxylic acids is 1. The van der Waals surface area contributed by atoms with Crippen molar-refractivity contribution in [3.05, 3.63) is 41.7 Å². The third-order valence-corrected chi connectivity index (χ3v) is 2.14. The first-order valence-corrected chi connectivity index (χ1v) is 4.12. The maximum atomic E-state index is 10.7. The standard InChI is InChI=1S/C11H9NO/c1-8-11-9(5-6-12-8)3-2-4-10(11)7-13/h2-7H,1H3. The predicted octanol–water partition coefficient (Wildman–Crippen LogP) is 2.36. The van der Waals surface area contributed by atoms with Crippen LogP contribution in [0.1, 0.15) is 16.1 Å². The Bertz CT molecular complexity index is 457. The quantitative estimate of drug-likeness (QED) is 0.616. The maximum absolute atomic E-state index is 10.7. The Morgan fingerprint density at radius 1 is 1.31 bits per heavy atom. The number of aryl methyl sites for hydroxylation is 1. The molecule has 2 rings (SSSR count). The average Bonchev–Trinajstić information content (AvgIpc) is 2.17. The van der Waals surface area contributed by atoms with Crippen molar-refractivity contribution in [1.82, 2.24) is 4.98 Å². The molecule has 0 N–H and O–H groups in total. The van der Waals surface area contributed by atoms with Gasteiger partial charge in [-0.3, -0.25) is 9.78 Å². The van der Waals surface area contributed by atoms with E-state index in [2.05, 4.69) is 4.98 Å². The molecule has 2 aromatic rings. The molecule has 64 valence electrons. The molecule has 0 atom stereocenters. The molecule has 13 heavy (non-hydrogen) atoms. The van der Waals surface area contributed by atoms with E-state index in [0.29, 0.717) is 5.56 Å². The second-order valence-electron chi connectivity index (χ2n) is 2.96. The first kappa shape index (κ1) is 7.92. The lowest BCUT2D eigenvalue weighted by Gasteiger charge is -2.02. The van der Waals surface area contributed by atoms with Crippen LogP contribution in [-0.2, 0) is 0 Å². The number of rotatable bonds is 1. The van der Waals surface area contributed by atoms with E-state index in [9.17, 15) is 4.79 Å². The topological polar surface area (TPSA) is 30.0 Å². The summed E-state index contributed by atoms with van der Waals surface area (Å²) in [5.41, 5.74) is 1.61. The molecule has 0 aliphatic heterocycles. The summed E-state index contributed by atoms with van der Waals surface area (Å²) in [6.45, 7) is 1.91. The van der Waals surface area contributed by atoms with E-state index in [4.69, 9.17) is 0 Å². The zero-order chi connectivity index (χ0) is 9.26. The fourth-order valence-electron chi connectivity index (χ4n) is 1.54. The number of pyridine rings is 1. The molecule has 0 radical (unpaired) electrons. The van der Waals surface area contributed by atoms with Crippen LogP contribution in [0.15, 0.2) is 30.5 Å². The average molecular weight is 171 g/mol. The maximum Gasteiger partial charge on any atom is 0.150 e. The number of nitrogens with zero attached hydrogens (tertiary/aromatic N) is 1. The van der Waals surface area contributed by atoms with E-state index in [1.165, 1.54) is 0 Å². The zero-order valence-electron chi connectivity index (χ0n) is 7.32. The van der Waals surface area contributed by atoms with E-state index >= 15 is 0 Å². The molecular weight excluding hydrogens is 162 g/mol. The summed E-state index contributed by atoms with van der Waals surface area (Å²) >= 11 is 0. The summed E-state index contributed by atoms with van der Waals surface area (Å²) in [5.74, 6) is 0. The van der Waals surface area contributed by atoms with Crippen molar-refractivity contribution in [2.75, 3.05) is 0 Å². The van der Waals surface area contributed by atoms with Gasteiger partial charge in [-0.15, -0.1) is 0 Å². The molecule has 0 spiro atoms. The fourth-order valence-corrected chi connectivity index (χ4v) is 1.54. The second kappa shape index (κ2) is 2.98. The van der Waals surface area contributed by atoms with Crippen LogP contribution < -0.4 is 0 Å². The van der Waals surface area contributed by atoms with Crippen LogP contribution in [-0.4, -0.2) is 11.3 Å². The minimum Gasteiger partial charge on any atom is -0.298 e. The number of hydrogen-bond donors (Lipinski definition) is 0. The molecule has 0 saturated carbocycles. The first-order chi connectivity index (χ1) is 6.33. The number of fused-ring (bicyclic) bond motifs is 1. The molecule has 1 heterocycles. The molecule has 0 fully saturated rings. The lowest BCUT2D eigenvalue weighted by molar-refractivity contribution is 0.112. The van der Waals surface area contributed by atoms with Gasteiger partial charge in [0.1, 0.15) is 0 Å². The number of hydrogen-bond acceptors (Lipinski definition) is 2. The Balaban J connectivity index is 2.94. The largest absolute Gasteiger partial charge is 0.298 e. The van der Waals surface area contributed by atoms with Crippen LogP contribution in [0.5, 0.6) is 0 Å². The molecule has 0 aliphatic rings. The minimum absolute atomic E-state index is 0.711. The molecule has 0 unspecified atom stereocenters. The fraction of sp³-hybridized carbons (Fsp3) is 0.0909. The van der Waals surface area contributed by atoms with Crippen molar-refractivity contribution in [3.63, 3.8) is 0 Å². The Labute approximate surface area is 76.2 Å². The third kappa shape index (κ3) is 1.20. The summed E-state index contributed by atoms with van der Waals surface area (Å²) < 4.78 is 0. The lowest BCUT2D eigenvalue weighted by atomic mass is 10.1. The van der Waals surface area contributed by atoms with Gasteiger partial charge in [-0.1, -0.05) is 18.2 Å². The molecule has 0 amide bonds. The van der Waals surface area contributed by atoms with E-state index in [-0.39, 0.29) is 0 Å². The summed E-state index contributed by atoms with van der Waals surface area (Å²) in [7, 11) is 0. The predicted molar refractivity (Wildman–Crippen MR) is 51.9 cm³/mol. The Morgan fingerprint density at radius 2 is 2.15 bits per heavy atom. The van der Waals surface area contributed by atoms with Gasteiger partial charge < -0.3 is 0 Å². The van der Waals surface area contributed by atoms with Crippen molar-refractivity contribution in [1.29, 1.82) is 0 Å². The summed E-state index contributed by atoms with van der Waals surface area (Å²) in [6, 6.07) is 7.59. The smallest absolute Gasteiger partial charge is 0.150 e. The highest BCUT2D eigenvalue weighted by Crippen LogP contribution is 2.19. The summed E-state index contributed by atoms with van der Waals surface area (Å²) in [5, 5.41) is 2.03. The molecule has 0 aliphatic carbocycles.